The minimum Gasteiger partial charge on any atom is -1.00 e. The van der Waals surface area contributed by atoms with Crippen LogP contribution in [0.1, 0.15) is 1.43 Å². The molecule has 0 aromatic rings. The summed E-state index contributed by atoms with van der Waals surface area (Å²) < 4.78 is 2.60. The van der Waals surface area contributed by atoms with Crippen LogP contribution < -0.4 is 18.9 Å². The van der Waals surface area contributed by atoms with Gasteiger partial charge in [0.25, 0.3) is 0 Å². The van der Waals surface area contributed by atoms with Crippen LogP contribution in [0.3, 0.4) is 0 Å². The molecule has 0 atom stereocenters. The van der Waals surface area contributed by atoms with Crippen molar-refractivity contribution >= 4 is 16.5 Å². The summed E-state index contributed by atoms with van der Waals surface area (Å²) in [6, 6.07) is 0. The summed E-state index contributed by atoms with van der Waals surface area (Å²) in [7, 11) is -2.38. The second kappa shape index (κ2) is 5.44. The van der Waals surface area contributed by atoms with Gasteiger partial charge < -0.3 is 5.66 Å². The van der Waals surface area contributed by atoms with Crippen LogP contribution in [0.4, 0.5) is 0 Å². The number of nitrogens with zero attached hydrogens (tertiary/aromatic N) is 1. The Morgan fingerprint density at radius 2 is 1.38 bits per heavy atom. The van der Waals surface area contributed by atoms with E-state index in [2.05, 4.69) is 49.4 Å². The smallest absolute Gasteiger partial charge is 1.00 e. The normalized spacial score (nSPS) is 12.2. The number of terminal acetylenes is 1. The molecule has 0 aliphatic heterocycles. The topological polar surface area (TPSA) is 3.24 Å². The molecule has 0 rings (SSSR count). The standard InChI is InChI=1S/C9H21NSi2.Li.H/c1-8-9-10(11(2,3)4)12(5,6)7;;/h1H,9H2,2-7H3;;/q;+1;-1. The molecule has 0 aromatic heterocycles. The molecule has 0 radical (unpaired) electrons. The van der Waals surface area contributed by atoms with Gasteiger partial charge in [-0.15, -0.1) is 6.42 Å². The Labute approximate surface area is 99.1 Å². The van der Waals surface area contributed by atoms with Crippen LogP contribution in [-0.2, 0) is 0 Å². The van der Waals surface area contributed by atoms with Crippen molar-refractivity contribution in [3.8, 4) is 12.3 Å². The molecular weight excluding hydrogens is 185 g/mol. The van der Waals surface area contributed by atoms with E-state index in [1.807, 2.05) is 0 Å². The molecule has 0 heterocycles. The maximum atomic E-state index is 5.38. The van der Waals surface area contributed by atoms with Crippen molar-refractivity contribution in [3.63, 3.8) is 0 Å². The summed E-state index contributed by atoms with van der Waals surface area (Å²) in [5.74, 6) is 2.78. The third-order valence-corrected chi connectivity index (χ3v) is 9.45. The van der Waals surface area contributed by atoms with Gasteiger partial charge in [0.2, 0.25) is 0 Å². The first-order valence-corrected chi connectivity index (χ1v) is 11.3. The van der Waals surface area contributed by atoms with E-state index < -0.39 is 16.5 Å². The van der Waals surface area contributed by atoms with Crippen LogP contribution in [-0.4, -0.2) is 27.2 Å². The molecule has 0 aliphatic rings. The van der Waals surface area contributed by atoms with E-state index in [9.17, 15) is 0 Å². The van der Waals surface area contributed by atoms with Crippen LogP contribution in [0.15, 0.2) is 0 Å². The Hall–Kier alpha value is 0.551. The number of hydrogen-bond donors (Lipinski definition) is 0. The van der Waals surface area contributed by atoms with Gasteiger partial charge in [0.1, 0.15) is 16.5 Å². The molecular formula is C9H22LiNSi2. The van der Waals surface area contributed by atoms with E-state index in [0.29, 0.717) is 0 Å². The second-order valence-electron chi connectivity index (χ2n) is 5.13. The third kappa shape index (κ3) is 5.78. The molecule has 0 spiro atoms. The van der Waals surface area contributed by atoms with Gasteiger partial charge >= 0.3 is 18.9 Å². The van der Waals surface area contributed by atoms with Crippen molar-refractivity contribution in [2.24, 2.45) is 0 Å². The van der Waals surface area contributed by atoms with Crippen molar-refractivity contribution in [2.75, 3.05) is 6.54 Å². The van der Waals surface area contributed by atoms with Crippen LogP contribution >= 0.6 is 0 Å². The minimum absolute atomic E-state index is 0. The van der Waals surface area contributed by atoms with E-state index >= 15 is 0 Å². The molecule has 0 aromatic carbocycles. The van der Waals surface area contributed by atoms with Gasteiger partial charge in [0.15, 0.2) is 0 Å². The van der Waals surface area contributed by atoms with E-state index in [0.717, 1.165) is 6.54 Å². The monoisotopic (exact) mass is 207 g/mol. The summed E-state index contributed by atoms with van der Waals surface area (Å²) in [5, 5.41) is 0. The Kier molecular flexibility index (Phi) is 6.69. The fourth-order valence-corrected chi connectivity index (χ4v) is 10.8. The predicted octanol–water partition coefficient (Wildman–Crippen LogP) is -0.292. The van der Waals surface area contributed by atoms with E-state index in [-0.39, 0.29) is 20.3 Å². The van der Waals surface area contributed by atoms with Crippen LogP contribution in [0.5, 0.6) is 0 Å². The molecule has 72 valence electrons. The van der Waals surface area contributed by atoms with Crippen molar-refractivity contribution < 1.29 is 20.3 Å². The molecule has 0 fully saturated rings. The van der Waals surface area contributed by atoms with E-state index in [1.54, 1.807) is 0 Å². The van der Waals surface area contributed by atoms with Crippen LogP contribution in [0.25, 0.3) is 0 Å². The Morgan fingerprint density at radius 1 is 1.08 bits per heavy atom. The van der Waals surface area contributed by atoms with Crippen molar-refractivity contribution in [1.29, 1.82) is 0 Å². The molecule has 0 N–H and O–H groups in total. The fourth-order valence-electron chi connectivity index (χ4n) is 1.57. The molecule has 0 saturated carbocycles. The zero-order chi connectivity index (χ0) is 9.99. The molecule has 0 aliphatic carbocycles. The summed E-state index contributed by atoms with van der Waals surface area (Å²) >= 11 is 0. The van der Waals surface area contributed by atoms with Crippen LogP contribution in [0.2, 0.25) is 39.3 Å². The summed E-state index contributed by atoms with van der Waals surface area (Å²) in [6.45, 7) is 15.0. The predicted molar refractivity (Wildman–Crippen MR) is 63.3 cm³/mol. The first kappa shape index (κ1) is 16.0. The molecule has 1 nitrogen and oxygen atoms in total. The van der Waals surface area contributed by atoms with Gasteiger partial charge in [-0.3, -0.25) is 0 Å². The van der Waals surface area contributed by atoms with Gasteiger partial charge in [-0.25, -0.2) is 0 Å². The first-order chi connectivity index (χ1) is 5.19. The summed E-state index contributed by atoms with van der Waals surface area (Å²) in [4.78, 5) is 0. The molecule has 4 heteroatoms. The molecule has 0 saturated heterocycles. The molecule has 13 heavy (non-hydrogen) atoms. The first-order valence-electron chi connectivity index (χ1n) is 4.41. The molecule has 0 unspecified atom stereocenters. The Bertz CT molecular complexity index is 176. The minimum atomic E-state index is -1.19. The SMILES string of the molecule is C#CCN([Si](C)(C)C)[Si](C)(C)C.[H-].[Li+]. The Morgan fingerprint density at radius 3 is 1.46 bits per heavy atom. The number of hydrogen-bond acceptors (Lipinski definition) is 1. The molecule has 0 amide bonds. The van der Waals surface area contributed by atoms with Gasteiger partial charge in [-0.2, -0.15) is 0 Å². The van der Waals surface area contributed by atoms with Crippen LogP contribution in [0, 0.1) is 12.3 Å². The maximum Gasteiger partial charge on any atom is 1.00 e. The van der Waals surface area contributed by atoms with Crippen molar-refractivity contribution in [3.05, 3.63) is 0 Å². The fraction of sp³-hybridized carbons (Fsp3) is 0.778. The average Bonchev–Trinajstić information content (AvgIpc) is 1.77. The largest absolute Gasteiger partial charge is 1.00 e. The quantitative estimate of drug-likeness (QED) is 0.454. The third-order valence-electron chi connectivity index (χ3n) is 1.87. The van der Waals surface area contributed by atoms with E-state index in [1.165, 1.54) is 0 Å². The van der Waals surface area contributed by atoms with Gasteiger partial charge in [0.05, 0.1) is 0 Å². The number of rotatable bonds is 3. The zero-order valence-electron chi connectivity index (χ0n) is 11.2. The maximum absolute atomic E-state index is 5.38. The van der Waals surface area contributed by atoms with E-state index in [4.69, 9.17) is 6.42 Å². The average molecular weight is 207 g/mol. The van der Waals surface area contributed by atoms with Gasteiger partial charge in [0, 0.05) is 6.54 Å². The molecule has 0 bridgehead atoms. The van der Waals surface area contributed by atoms with Crippen molar-refractivity contribution in [1.82, 2.24) is 4.23 Å². The zero-order valence-corrected chi connectivity index (χ0v) is 12.2. The second-order valence-corrected chi connectivity index (χ2v) is 15.3. The Balaban J connectivity index is -0.000000605. The van der Waals surface area contributed by atoms with Gasteiger partial charge in [-0.1, -0.05) is 45.2 Å². The summed E-state index contributed by atoms with van der Waals surface area (Å²) in [6.07, 6.45) is 5.38. The summed E-state index contributed by atoms with van der Waals surface area (Å²) in [5.41, 5.74) is 0. The van der Waals surface area contributed by atoms with Crippen molar-refractivity contribution in [2.45, 2.75) is 39.3 Å². The van der Waals surface area contributed by atoms with Gasteiger partial charge in [-0.05, 0) is 0 Å².